The van der Waals surface area contributed by atoms with Crippen LogP contribution >= 0.6 is 0 Å². The number of likely N-dealkylation sites (tertiary alicyclic amines) is 2. The van der Waals surface area contributed by atoms with Crippen molar-refractivity contribution in [2.24, 2.45) is 11.8 Å². The molecule has 0 aromatic heterocycles. The largest absolute Gasteiger partial charge is 0.338 e. The molecule has 106 valence electrons. The Labute approximate surface area is 120 Å². The Morgan fingerprint density at radius 2 is 1.90 bits per heavy atom. The van der Waals surface area contributed by atoms with Crippen LogP contribution in [0.25, 0.3) is 6.08 Å². The number of piperidine rings is 1. The molecule has 1 aromatic rings. The van der Waals surface area contributed by atoms with Crippen molar-refractivity contribution >= 4 is 12.0 Å². The normalized spacial score (nSPS) is 26.4. The second-order valence-electron chi connectivity index (χ2n) is 6.11. The molecule has 2 aliphatic rings. The van der Waals surface area contributed by atoms with Crippen LogP contribution in [0.5, 0.6) is 0 Å². The summed E-state index contributed by atoms with van der Waals surface area (Å²) in [5, 5.41) is 0. The van der Waals surface area contributed by atoms with Gasteiger partial charge in [-0.05, 0) is 49.5 Å². The average molecular weight is 270 g/mol. The van der Waals surface area contributed by atoms with Gasteiger partial charge in [0.05, 0.1) is 0 Å². The highest BCUT2D eigenvalue weighted by molar-refractivity contribution is 5.94. The van der Waals surface area contributed by atoms with Gasteiger partial charge in [-0.3, -0.25) is 4.79 Å². The molecule has 1 amide bonds. The average Bonchev–Trinajstić information content (AvgIpc) is 2.89. The highest BCUT2D eigenvalue weighted by Crippen LogP contribution is 2.31. The molecule has 20 heavy (non-hydrogen) atoms. The Morgan fingerprint density at radius 3 is 2.60 bits per heavy atom. The molecule has 0 N–H and O–H groups in total. The van der Waals surface area contributed by atoms with E-state index >= 15 is 0 Å². The number of hydrogen-bond acceptors (Lipinski definition) is 2. The minimum atomic E-state index is 0.178. The molecule has 0 spiro atoms. The van der Waals surface area contributed by atoms with Gasteiger partial charge in [0.1, 0.15) is 0 Å². The molecule has 2 saturated heterocycles. The maximum Gasteiger partial charge on any atom is 0.253 e. The number of rotatable bonds is 2. The second kappa shape index (κ2) is 5.41. The van der Waals surface area contributed by atoms with Crippen molar-refractivity contribution in [3.05, 3.63) is 42.0 Å². The number of hydrogen-bond donors (Lipinski definition) is 0. The third kappa shape index (κ3) is 2.50. The molecule has 3 heteroatoms. The third-order valence-electron chi connectivity index (χ3n) is 4.68. The number of fused-ring (bicyclic) bond motifs is 1. The first-order valence-electron chi connectivity index (χ1n) is 7.37. The van der Waals surface area contributed by atoms with Gasteiger partial charge in [-0.1, -0.05) is 24.8 Å². The topological polar surface area (TPSA) is 23.6 Å². The summed E-state index contributed by atoms with van der Waals surface area (Å²) in [6.07, 6.45) is 3.02. The molecule has 2 aliphatic heterocycles. The number of benzene rings is 1. The minimum absolute atomic E-state index is 0.178. The van der Waals surface area contributed by atoms with Crippen LogP contribution in [0.15, 0.2) is 30.8 Å². The number of amides is 1. The molecular formula is C17H22N2O. The van der Waals surface area contributed by atoms with Gasteiger partial charge in [-0.2, -0.15) is 0 Å². The van der Waals surface area contributed by atoms with Gasteiger partial charge in [0.15, 0.2) is 0 Å². The van der Waals surface area contributed by atoms with Crippen LogP contribution in [0.1, 0.15) is 22.3 Å². The molecule has 0 aliphatic carbocycles. The van der Waals surface area contributed by atoms with Crippen LogP contribution in [0, 0.1) is 11.8 Å². The van der Waals surface area contributed by atoms with Crippen molar-refractivity contribution in [3.63, 3.8) is 0 Å². The van der Waals surface area contributed by atoms with Crippen molar-refractivity contribution in [1.29, 1.82) is 0 Å². The summed E-state index contributed by atoms with van der Waals surface area (Å²) in [7, 11) is 2.18. The van der Waals surface area contributed by atoms with Gasteiger partial charge in [0, 0.05) is 25.2 Å². The van der Waals surface area contributed by atoms with Crippen molar-refractivity contribution in [1.82, 2.24) is 9.80 Å². The van der Waals surface area contributed by atoms with E-state index in [1.165, 1.54) is 6.42 Å². The Bertz CT molecular complexity index is 508. The SMILES string of the molecule is C=Cc1ccc(C(=O)N2C[C@H]3CCN(C)C[C@H]3C2)cc1. The van der Waals surface area contributed by atoms with Gasteiger partial charge in [-0.25, -0.2) is 0 Å². The fourth-order valence-electron chi connectivity index (χ4n) is 3.46. The van der Waals surface area contributed by atoms with Crippen LogP contribution < -0.4 is 0 Å². The van der Waals surface area contributed by atoms with Gasteiger partial charge < -0.3 is 9.80 Å². The number of nitrogens with zero attached hydrogens (tertiary/aromatic N) is 2. The lowest BCUT2D eigenvalue weighted by Crippen LogP contribution is -2.37. The molecule has 3 nitrogen and oxygen atoms in total. The summed E-state index contributed by atoms with van der Waals surface area (Å²) in [6, 6.07) is 7.73. The van der Waals surface area contributed by atoms with Gasteiger partial charge >= 0.3 is 0 Å². The highest BCUT2D eigenvalue weighted by Gasteiger charge is 2.38. The van der Waals surface area contributed by atoms with E-state index < -0.39 is 0 Å². The zero-order chi connectivity index (χ0) is 14.1. The van der Waals surface area contributed by atoms with E-state index in [1.807, 2.05) is 29.2 Å². The van der Waals surface area contributed by atoms with Crippen LogP contribution in [0.2, 0.25) is 0 Å². The summed E-state index contributed by atoms with van der Waals surface area (Å²) in [4.78, 5) is 17.0. The Balaban J connectivity index is 1.70. The summed E-state index contributed by atoms with van der Waals surface area (Å²) < 4.78 is 0. The summed E-state index contributed by atoms with van der Waals surface area (Å²) in [6.45, 7) is 7.88. The standard InChI is InChI=1S/C17H22N2O/c1-3-13-4-6-14(7-5-13)17(20)19-11-15-8-9-18(2)10-16(15)12-19/h3-7,15-16H,1,8-12H2,2H3/t15-,16+/m1/s1. The Kier molecular flexibility index (Phi) is 3.62. The fraction of sp³-hybridized carbons (Fsp3) is 0.471. The molecule has 0 unspecified atom stereocenters. The van der Waals surface area contributed by atoms with E-state index in [0.29, 0.717) is 11.8 Å². The summed E-state index contributed by atoms with van der Waals surface area (Å²) in [5.74, 6) is 1.53. The molecule has 3 rings (SSSR count). The molecule has 2 fully saturated rings. The first kappa shape index (κ1) is 13.4. The highest BCUT2D eigenvalue weighted by atomic mass is 16.2. The Morgan fingerprint density at radius 1 is 1.20 bits per heavy atom. The smallest absolute Gasteiger partial charge is 0.253 e. The van der Waals surface area contributed by atoms with E-state index in [0.717, 1.165) is 37.3 Å². The Hall–Kier alpha value is -1.61. The predicted octanol–water partition coefficient (Wildman–Crippen LogP) is 2.35. The molecule has 2 heterocycles. The molecule has 2 atom stereocenters. The quantitative estimate of drug-likeness (QED) is 0.823. The first-order valence-corrected chi connectivity index (χ1v) is 7.37. The first-order chi connectivity index (χ1) is 9.67. The molecule has 0 saturated carbocycles. The van der Waals surface area contributed by atoms with Crippen LogP contribution in [-0.2, 0) is 0 Å². The van der Waals surface area contributed by atoms with Crippen molar-refractivity contribution in [2.75, 3.05) is 33.2 Å². The zero-order valence-corrected chi connectivity index (χ0v) is 12.1. The molecule has 1 aromatic carbocycles. The predicted molar refractivity (Wildman–Crippen MR) is 81.5 cm³/mol. The lowest BCUT2D eigenvalue weighted by Gasteiger charge is -2.31. The van der Waals surface area contributed by atoms with Gasteiger partial charge in [-0.15, -0.1) is 0 Å². The molecule has 0 radical (unpaired) electrons. The van der Waals surface area contributed by atoms with E-state index in [9.17, 15) is 4.79 Å². The van der Waals surface area contributed by atoms with Gasteiger partial charge in [0.2, 0.25) is 0 Å². The number of carbonyl (C=O) groups is 1. The van der Waals surface area contributed by atoms with Crippen LogP contribution in [0.3, 0.4) is 0 Å². The summed E-state index contributed by atoms with van der Waals surface area (Å²) >= 11 is 0. The summed E-state index contributed by atoms with van der Waals surface area (Å²) in [5.41, 5.74) is 1.85. The van der Waals surface area contributed by atoms with Gasteiger partial charge in [0.25, 0.3) is 5.91 Å². The zero-order valence-electron chi connectivity index (χ0n) is 12.1. The van der Waals surface area contributed by atoms with Crippen molar-refractivity contribution in [3.8, 4) is 0 Å². The lowest BCUT2D eigenvalue weighted by molar-refractivity contribution is 0.0784. The van der Waals surface area contributed by atoms with Crippen molar-refractivity contribution < 1.29 is 4.79 Å². The lowest BCUT2D eigenvalue weighted by atomic mass is 9.89. The van der Waals surface area contributed by atoms with Crippen molar-refractivity contribution in [2.45, 2.75) is 6.42 Å². The van der Waals surface area contributed by atoms with Crippen LogP contribution in [0.4, 0.5) is 0 Å². The molecule has 0 bridgehead atoms. The van der Waals surface area contributed by atoms with E-state index in [2.05, 4.69) is 18.5 Å². The van der Waals surface area contributed by atoms with Crippen LogP contribution in [-0.4, -0.2) is 48.9 Å². The molecular weight excluding hydrogens is 248 g/mol. The maximum atomic E-state index is 12.6. The second-order valence-corrected chi connectivity index (χ2v) is 6.11. The minimum Gasteiger partial charge on any atom is -0.338 e. The van der Waals surface area contributed by atoms with E-state index in [-0.39, 0.29) is 5.91 Å². The van der Waals surface area contributed by atoms with E-state index in [4.69, 9.17) is 0 Å². The maximum absolute atomic E-state index is 12.6. The fourth-order valence-corrected chi connectivity index (χ4v) is 3.46. The third-order valence-corrected chi connectivity index (χ3v) is 4.68. The number of carbonyl (C=O) groups excluding carboxylic acids is 1. The monoisotopic (exact) mass is 270 g/mol. The van der Waals surface area contributed by atoms with E-state index in [1.54, 1.807) is 6.08 Å².